The Labute approximate surface area is 127 Å². The molecule has 2 aromatic rings. The average Bonchev–Trinajstić information content (AvgIpc) is 2.49. The van der Waals surface area contributed by atoms with Gasteiger partial charge in [-0.1, -0.05) is 18.2 Å². The monoisotopic (exact) mass is 284 g/mol. The molecule has 1 unspecified atom stereocenters. The van der Waals surface area contributed by atoms with E-state index in [2.05, 4.69) is 52.2 Å². The number of anilines is 1. The van der Waals surface area contributed by atoms with Gasteiger partial charge in [-0.05, 0) is 36.4 Å². The molecule has 112 valence electrons. The summed E-state index contributed by atoms with van der Waals surface area (Å²) >= 11 is 0. The van der Waals surface area contributed by atoms with Crippen molar-refractivity contribution in [1.82, 2.24) is 9.88 Å². The Morgan fingerprint density at radius 3 is 2.33 bits per heavy atom. The number of aromatic nitrogens is 1. The van der Waals surface area contributed by atoms with Crippen molar-refractivity contribution in [3.05, 3.63) is 59.9 Å². The Morgan fingerprint density at radius 1 is 1.10 bits per heavy atom. The van der Waals surface area contributed by atoms with Crippen molar-refractivity contribution >= 4 is 5.69 Å². The summed E-state index contributed by atoms with van der Waals surface area (Å²) in [6.07, 6.45) is 3.70. The van der Waals surface area contributed by atoms with E-state index >= 15 is 0 Å². The maximum absolute atomic E-state index is 5.99. The summed E-state index contributed by atoms with van der Waals surface area (Å²) in [5.41, 5.74) is 9.63. The molecule has 0 fully saturated rings. The smallest absolute Gasteiger partial charge is 0.0470 e. The van der Waals surface area contributed by atoms with Gasteiger partial charge in [0.25, 0.3) is 0 Å². The zero-order valence-corrected chi connectivity index (χ0v) is 13.0. The summed E-state index contributed by atoms with van der Waals surface area (Å²) in [7, 11) is 6.19. The lowest BCUT2D eigenvalue weighted by atomic mass is 10.0. The van der Waals surface area contributed by atoms with E-state index in [-0.39, 0.29) is 6.04 Å². The molecule has 1 aromatic carbocycles. The zero-order chi connectivity index (χ0) is 15.2. The fraction of sp³-hybridized carbons (Fsp3) is 0.353. The SMILES string of the molecule is CN(C)c1ccc(C(CN)N(C)Cc2cccnc2)cc1. The summed E-state index contributed by atoms with van der Waals surface area (Å²) in [5, 5.41) is 0. The first-order chi connectivity index (χ1) is 10.1. The van der Waals surface area contributed by atoms with Crippen molar-refractivity contribution in [3.8, 4) is 0 Å². The molecule has 4 heteroatoms. The van der Waals surface area contributed by atoms with Crippen LogP contribution in [0.2, 0.25) is 0 Å². The van der Waals surface area contributed by atoms with Crippen LogP contribution in [0.1, 0.15) is 17.2 Å². The van der Waals surface area contributed by atoms with Gasteiger partial charge in [-0.15, -0.1) is 0 Å². The highest BCUT2D eigenvalue weighted by molar-refractivity contribution is 5.46. The van der Waals surface area contributed by atoms with Gasteiger partial charge in [0.2, 0.25) is 0 Å². The number of pyridine rings is 1. The fourth-order valence-electron chi connectivity index (χ4n) is 2.45. The van der Waals surface area contributed by atoms with Gasteiger partial charge in [-0.25, -0.2) is 0 Å². The number of hydrogen-bond acceptors (Lipinski definition) is 4. The normalized spacial score (nSPS) is 12.4. The number of nitrogens with two attached hydrogens (primary N) is 1. The first-order valence-electron chi connectivity index (χ1n) is 7.18. The fourth-order valence-corrected chi connectivity index (χ4v) is 2.45. The van der Waals surface area contributed by atoms with Crippen LogP contribution >= 0.6 is 0 Å². The van der Waals surface area contributed by atoms with E-state index in [9.17, 15) is 0 Å². The molecule has 2 rings (SSSR count). The minimum atomic E-state index is 0.210. The summed E-state index contributed by atoms with van der Waals surface area (Å²) < 4.78 is 0. The number of rotatable bonds is 6. The molecule has 1 heterocycles. The van der Waals surface area contributed by atoms with E-state index in [0.29, 0.717) is 6.54 Å². The third-order valence-corrected chi connectivity index (χ3v) is 3.70. The third kappa shape index (κ3) is 4.03. The highest BCUT2D eigenvalue weighted by Crippen LogP contribution is 2.22. The van der Waals surface area contributed by atoms with E-state index in [0.717, 1.165) is 6.54 Å². The van der Waals surface area contributed by atoms with Crippen LogP contribution in [0, 0.1) is 0 Å². The number of nitrogens with zero attached hydrogens (tertiary/aromatic N) is 3. The van der Waals surface area contributed by atoms with Crippen LogP contribution in [0.5, 0.6) is 0 Å². The summed E-state index contributed by atoms with van der Waals surface area (Å²) in [5.74, 6) is 0. The maximum atomic E-state index is 5.99. The molecule has 4 nitrogen and oxygen atoms in total. The third-order valence-electron chi connectivity index (χ3n) is 3.70. The molecule has 0 saturated heterocycles. The van der Waals surface area contributed by atoms with Crippen molar-refractivity contribution in [2.45, 2.75) is 12.6 Å². The van der Waals surface area contributed by atoms with Gasteiger partial charge in [0, 0.05) is 51.3 Å². The van der Waals surface area contributed by atoms with Crippen LogP contribution in [0.15, 0.2) is 48.8 Å². The highest BCUT2D eigenvalue weighted by Gasteiger charge is 2.15. The Bertz CT molecular complexity index is 536. The molecule has 2 N–H and O–H groups in total. The molecule has 0 aliphatic rings. The van der Waals surface area contributed by atoms with Crippen molar-refractivity contribution in [3.63, 3.8) is 0 Å². The quantitative estimate of drug-likeness (QED) is 0.884. The largest absolute Gasteiger partial charge is 0.378 e. The second-order valence-corrected chi connectivity index (χ2v) is 5.51. The molecule has 0 saturated carbocycles. The van der Waals surface area contributed by atoms with Gasteiger partial charge < -0.3 is 10.6 Å². The van der Waals surface area contributed by atoms with E-state index in [1.54, 1.807) is 6.20 Å². The van der Waals surface area contributed by atoms with Crippen LogP contribution in [0.25, 0.3) is 0 Å². The highest BCUT2D eigenvalue weighted by atomic mass is 15.1. The van der Waals surface area contributed by atoms with Crippen LogP contribution in [0.4, 0.5) is 5.69 Å². The lowest BCUT2D eigenvalue weighted by Crippen LogP contribution is -2.30. The van der Waals surface area contributed by atoms with Crippen molar-refractivity contribution in [2.75, 3.05) is 32.6 Å². The summed E-state index contributed by atoms with van der Waals surface area (Å²) in [6, 6.07) is 12.9. The Morgan fingerprint density at radius 2 is 1.81 bits per heavy atom. The Kier molecular flexibility index (Phi) is 5.31. The molecule has 1 aromatic heterocycles. The van der Waals surface area contributed by atoms with Gasteiger partial charge in [0.1, 0.15) is 0 Å². The van der Waals surface area contributed by atoms with Crippen LogP contribution in [-0.2, 0) is 6.54 Å². The lowest BCUT2D eigenvalue weighted by Gasteiger charge is -2.27. The molecule has 0 amide bonds. The summed E-state index contributed by atoms with van der Waals surface area (Å²) in [6.45, 7) is 1.43. The maximum Gasteiger partial charge on any atom is 0.0470 e. The first kappa shape index (κ1) is 15.5. The Hall–Kier alpha value is -1.91. The topological polar surface area (TPSA) is 45.4 Å². The van der Waals surface area contributed by atoms with E-state index in [4.69, 9.17) is 5.73 Å². The molecule has 0 aliphatic heterocycles. The zero-order valence-electron chi connectivity index (χ0n) is 13.0. The van der Waals surface area contributed by atoms with Crippen molar-refractivity contribution in [2.24, 2.45) is 5.73 Å². The summed E-state index contributed by atoms with van der Waals surface area (Å²) in [4.78, 5) is 8.53. The van der Waals surface area contributed by atoms with E-state index in [1.807, 2.05) is 26.4 Å². The second kappa shape index (κ2) is 7.20. The van der Waals surface area contributed by atoms with Crippen LogP contribution in [-0.4, -0.2) is 37.6 Å². The first-order valence-corrected chi connectivity index (χ1v) is 7.18. The molecule has 0 spiro atoms. The predicted molar refractivity (Wildman–Crippen MR) is 88.3 cm³/mol. The molecule has 0 aliphatic carbocycles. The van der Waals surface area contributed by atoms with Crippen LogP contribution < -0.4 is 10.6 Å². The molecule has 21 heavy (non-hydrogen) atoms. The average molecular weight is 284 g/mol. The molecular weight excluding hydrogens is 260 g/mol. The molecule has 0 bridgehead atoms. The van der Waals surface area contributed by atoms with Crippen molar-refractivity contribution < 1.29 is 0 Å². The number of benzene rings is 1. The standard InChI is InChI=1S/C17H24N4/c1-20(2)16-8-6-15(7-9-16)17(11-18)21(3)13-14-5-4-10-19-12-14/h4-10,12,17H,11,13,18H2,1-3H3. The van der Waals surface area contributed by atoms with Gasteiger partial charge in [-0.2, -0.15) is 0 Å². The lowest BCUT2D eigenvalue weighted by molar-refractivity contribution is 0.241. The molecular formula is C17H24N4. The molecule has 0 radical (unpaired) electrons. The van der Waals surface area contributed by atoms with Crippen LogP contribution in [0.3, 0.4) is 0 Å². The minimum Gasteiger partial charge on any atom is -0.378 e. The molecule has 1 atom stereocenters. The second-order valence-electron chi connectivity index (χ2n) is 5.51. The van der Waals surface area contributed by atoms with Gasteiger partial charge >= 0.3 is 0 Å². The van der Waals surface area contributed by atoms with Gasteiger partial charge in [0.05, 0.1) is 0 Å². The minimum absolute atomic E-state index is 0.210. The van der Waals surface area contributed by atoms with Crippen molar-refractivity contribution in [1.29, 1.82) is 0 Å². The van der Waals surface area contributed by atoms with Gasteiger partial charge in [-0.3, -0.25) is 9.88 Å². The predicted octanol–water partition coefficient (Wildman–Crippen LogP) is 2.28. The number of hydrogen-bond donors (Lipinski definition) is 1. The number of likely N-dealkylation sites (N-methyl/N-ethyl adjacent to an activating group) is 1. The van der Waals surface area contributed by atoms with Gasteiger partial charge in [0.15, 0.2) is 0 Å². The van der Waals surface area contributed by atoms with E-state index in [1.165, 1.54) is 16.8 Å². The van der Waals surface area contributed by atoms with E-state index < -0.39 is 0 Å². The Balaban J connectivity index is 2.11.